The normalized spacial score (nSPS) is 12.8. The van der Waals surface area contributed by atoms with E-state index < -0.39 is 21.9 Å². The summed E-state index contributed by atoms with van der Waals surface area (Å²) >= 11 is 7.96. The Balaban J connectivity index is 1.84. The van der Waals surface area contributed by atoms with Crippen molar-refractivity contribution >= 4 is 100 Å². The van der Waals surface area contributed by atoms with Crippen molar-refractivity contribution in [2.24, 2.45) is 11.5 Å². The van der Waals surface area contributed by atoms with Crippen LogP contribution in [0, 0.1) is 0 Å². The monoisotopic (exact) mass is 694 g/mol. The maximum absolute atomic E-state index is 13.0. The van der Waals surface area contributed by atoms with Crippen LogP contribution < -0.4 is 22.1 Å². The molecule has 0 radical (unpaired) electrons. The van der Waals surface area contributed by atoms with Crippen LogP contribution >= 0.6 is 68.4 Å². The molecule has 2 aromatic carbocycles. The average molecular weight is 695 g/mol. The summed E-state index contributed by atoms with van der Waals surface area (Å²) in [7, 11) is 0.695. The fourth-order valence-electron chi connectivity index (χ4n) is 2.80. The summed E-state index contributed by atoms with van der Waals surface area (Å²) in [6.45, 7) is 0.616. The van der Waals surface area contributed by atoms with Gasteiger partial charge in [-0.1, -0.05) is 21.6 Å². The van der Waals surface area contributed by atoms with Crippen LogP contribution in [0.1, 0.15) is 20.7 Å². The minimum absolute atomic E-state index is 0.000968. The molecule has 224 valence electrons. The van der Waals surface area contributed by atoms with Crippen LogP contribution in [0.5, 0.6) is 0 Å². The molecule has 10 nitrogen and oxygen atoms in total. The molecule has 0 aliphatic carbocycles. The summed E-state index contributed by atoms with van der Waals surface area (Å²) in [5.74, 6) is 0.725. The van der Waals surface area contributed by atoms with Crippen LogP contribution in [0.15, 0.2) is 58.3 Å². The van der Waals surface area contributed by atoms with Gasteiger partial charge in [0.1, 0.15) is 0 Å². The van der Waals surface area contributed by atoms with Gasteiger partial charge >= 0.3 is 0 Å². The number of thiol groups is 2. The second-order valence-electron chi connectivity index (χ2n) is 8.09. The van der Waals surface area contributed by atoms with Crippen molar-refractivity contribution in [3.8, 4) is 0 Å². The van der Waals surface area contributed by atoms with Gasteiger partial charge in [0, 0.05) is 47.2 Å². The van der Waals surface area contributed by atoms with Gasteiger partial charge in [0.15, 0.2) is 0 Å². The highest BCUT2D eigenvalue weighted by molar-refractivity contribution is 8.82. The molecule has 2 amide bonds. The molecule has 0 aromatic heterocycles. The Hall–Kier alpha value is -1.31. The van der Waals surface area contributed by atoms with Crippen molar-refractivity contribution in [3.63, 3.8) is 0 Å². The molecule has 0 fully saturated rings. The minimum Gasteiger partial charge on any atom is -0.351 e. The number of nitrogens with one attached hydrogen (secondary N) is 2. The number of nitrogens with two attached hydrogens (primary N) is 2. The predicted molar refractivity (Wildman–Crippen MR) is 177 cm³/mol. The number of amides is 2. The molecule has 2 aromatic rings. The molecule has 0 unspecified atom stereocenters. The van der Waals surface area contributed by atoms with E-state index in [9.17, 15) is 27.6 Å². The minimum atomic E-state index is -3.88. The first-order chi connectivity index (χ1) is 19.5. The average Bonchev–Trinajstić information content (AvgIpc) is 2.99. The van der Waals surface area contributed by atoms with Gasteiger partial charge in [-0.3, -0.25) is 19.2 Å². The van der Waals surface area contributed by atoms with Crippen molar-refractivity contribution in [3.05, 3.63) is 59.7 Å². The lowest BCUT2D eigenvalue weighted by Crippen LogP contribution is -2.29. The Bertz CT molecular complexity index is 1200. The van der Waals surface area contributed by atoms with E-state index in [2.05, 4.69) is 35.9 Å². The number of hydrogen-bond acceptors (Lipinski definition) is 14. The molecule has 2 rings (SSSR count). The van der Waals surface area contributed by atoms with Crippen LogP contribution in [0.3, 0.4) is 0 Å². The lowest BCUT2D eigenvalue weighted by atomic mass is 10.2. The Morgan fingerprint density at radius 2 is 1.02 bits per heavy atom. The SMILES string of the molecule is N[C@@H](CS)C(=O)SSCCNC(=O)c1ccc(S(=O)(=O)c2ccc(C(=O)NCCSSC(=O)[C@@H](N)CS)cc2)cc1. The smallest absolute Gasteiger partial charge is 0.251 e. The molecule has 2 atom stereocenters. The van der Waals surface area contributed by atoms with E-state index in [1.54, 1.807) is 0 Å². The highest BCUT2D eigenvalue weighted by Crippen LogP contribution is 2.24. The summed E-state index contributed by atoms with van der Waals surface area (Å²) in [5, 5.41) is 5.06. The van der Waals surface area contributed by atoms with Crippen molar-refractivity contribution in [2.45, 2.75) is 21.9 Å². The highest BCUT2D eigenvalue weighted by Gasteiger charge is 2.19. The molecule has 0 heterocycles. The first-order valence-electron chi connectivity index (χ1n) is 11.9. The quantitative estimate of drug-likeness (QED) is 0.0860. The van der Waals surface area contributed by atoms with Gasteiger partial charge in [-0.2, -0.15) is 25.3 Å². The van der Waals surface area contributed by atoms with Gasteiger partial charge in [0.2, 0.25) is 20.1 Å². The third kappa shape index (κ3) is 11.7. The lowest BCUT2D eigenvalue weighted by Gasteiger charge is -2.09. The van der Waals surface area contributed by atoms with Gasteiger partial charge in [-0.05, 0) is 70.1 Å². The summed E-state index contributed by atoms with van der Waals surface area (Å²) < 4.78 is 26.1. The van der Waals surface area contributed by atoms with E-state index in [4.69, 9.17) is 11.5 Å². The fraction of sp³-hybridized carbons (Fsp3) is 0.333. The maximum atomic E-state index is 13.0. The summed E-state index contributed by atoms with van der Waals surface area (Å²) in [4.78, 5) is 48.0. The van der Waals surface area contributed by atoms with E-state index in [0.717, 1.165) is 21.6 Å². The summed E-state index contributed by atoms with van der Waals surface area (Å²) in [6.07, 6.45) is 0. The predicted octanol–water partition coefficient (Wildman–Crippen LogP) is 2.31. The van der Waals surface area contributed by atoms with Crippen LogP contribution in [0.4, 0.5) is 0 Å². The van der Waals surface area contributed by atoms with Crippen LogP contribution in [0.25, 0.3) is 0 Å². The topological polar surface area (TPSA) is 179 Å². The van der Waals surface area contributed by atoms with E-state index >= 15 is 0 Å². The van der Waals surface area contributed by atoms with Crippen molar-refractivity contribution < 1.29 is 27.6 Å². The highest BCUT2D eigenvalue weighted by atomic mass is 33.1. The van der Waals surface area contributed by atoms with Gasteiger partial charge in [-0.25, -0.2) is 8.42 Å². The zero-order valence-corrected chi connectivity index (χ0v) is 27.4. The van der Waals surface area contributed by atoms with Crippen molar-refractivity contribution in [2.75, 3.05) is 36.1 Å². The third-order valence-electron chi connectivity index (χ3n) is 5.08. The molecule has 0 saturated carbocycles. The van der Waals surface area contributed by atoms with Gasteiger partial charge in [0.25, 0.3) is 11.8 Å². The molecule has 41 heavy (non-hydrogen) atoms. The number of sulfone groups is 1. The largest absolute Gasteiger partial charge is 0.351 e. The van der Waals surface area contributed by atoms with Crippen LogP contribution in [0.2, 0.25) is 0 Å². The molecule has 6 N–H and O–H groups in total. The van der Waals surface area contributed by atoms with Gasteiger partial charge < -0.3 is 22.1 Å². The van der Waals surface area contributed by atoms with E-state index in [0.29, 0.717) is 24.6 Å². The van der Waals surface area contributed by atoms with Crippen LogP contribution in [-0.2, 0) is 19.4 Å². The maximum Gasteiger partial charge on any atom is 0.251 e. The fourth-order valence-corrected chi connectivity index (χ4v) is 8.26. The van der Waals surface area contributed by atoms with Crippen molar-refractivity contribution in [1.82, 2.24) is 10.6 Å². The summed E-state index contributed by atoms with van der Waals surface area (Å²) in [5.41, 5.74) is 11.8. The Kier molecular flexibility index (Phi) is 16.1. The molecule has 0 aliphatic rings. The lowest BCUT2D eigenvalue weighted by molar-refractivity contribution is -0.112. The number of benzene rings is 2. The number of carbonyl (C=O) groups excluding carboxylic acids is 4. The molecule has 0 saturated heterocycles. The molecular formula is C24H30N4O6S7. The molecule has 17 heteroatoms. The zero-order chi connectivity index (χ0) is 30.4. The number of carbonyl (C=O) groups is 4. The van der Waals surface area contributed by atoms with Gasteiger partial charge in [-0.15, -0.1) is 0 Å². The zero-order valence-electron chi connectivity index (χ0n) is 21.6. The summed E-state index contributed by atoms with van der Waals surface area (Å²) in [6, 6.07) is 9.76. The van der Waals surface area contributed by atoms with E-state index in [1.165, 1.54) is 70.1 Å². The standard InChI is InChI=1S/C24H30N4O6S7/c25-19(13-35)23(31)39-37-11-9-27-21(29)15-1-5-17(6-2-15)41(33,34)18-7-3-16(4-8-18)22(30)28-10-12-38-40-24(32)20(26)14-36/h1-8,19-20,35-36H,9-14,25-26H2,(H,27,29)(H,28,30)/t19-,20-/m0/s1. The Morgan fingerprint density at radius 1 is 0.683 bits per heavy atom. The van der Waals surface area contributed by atoms with E-state index in [1.807, 2.05) is 0 Å². The van der Waals surface area contributed by atoms with Crippen molar-refractivity contribution in [1.29, 1.82) is 0 Å². The van der Waals surface area contributed by atoms with Gasteiger partial charge in [0.05, 0.1) is 21.9 Å². The molecule has 0 spiro atoms. The second kappa shape index (κ2) is 18.4. The van der Waals surface area contributed by atoms with E-state index in [-0.39, 0.29) is 54.5 Å². The number of hydrogen-bond donors (Lipinski definition) is 6. The Labute approximate surface area is 266 Å². The first-order valence-corrected chi connectivity index (χ1v) is 19.3. The number of rotatable bonds is 16. The molecular weight excluding hydrogens is 665 g/mol. The molecule has 0 bridgehead atoms. The third-order valence-corrected chi connectivity index (χ3v) is 12.3. The Morgan fingerprint density at radius 3 is 1.34 bits per heavy atom. The van der Waals surface area contributed by atoms with Crippen LogP contribution in [-0.4, -0.2) is 78.6 Å². The first kappa shape index (κ1) is 35.9. The molecule has 0 aliphatic heterocycles. The second-order valence-corrected chi connectivity index (χ2v) is 15.6.